The minimum Gasteiger partial charge on any atom is -0.353 e. The normalized spacial score (nSPS) is 14.8. The average Bonchev–Trinajstić information content (AvgIpc) is 3.25. The predicted molar refractivity (Wildman–Crippen MR) is 110 cm³/mol. The Bertz CT molecular complexity index is 1220. The zero-order valence-electron chi connectivity index (χ0n) is 17.0. The third-order valence-electron chi connectivity index (χ3n) is 5.08. The Morgan fingerprint density at radius 1 is 1.09 bits per heavy atom. The van der Waals surface area contributed by atoms with Crippen molar-refractivity contribution in [1.82, 2.24) is 20.0 Å². The molecule has 4 rings (SSSR count). The van der Waals surface area contributed by atoms with Gasteiger partial charge in [0.25, 0.3) is 5.91 Å². The molecule has 2 aromatic heterocycles. The van der Waals surface area contributed by atoms with Crippen molar-refractivity contribution >= 4 is 21.6 Å². The molecule has 32 heavy (non-hydrogen) atoms. The van der Waals surface area contributed by atoms with Gasteiger partial charge in [0, 0.05) is 44.9 Å². The van der Waals surface area contributed by atoms with E-state index in [1.165, 1.54) is 23.1 Å². The van der Waals surface area contributed by atoms with Crippen LogP contribution >= 0.6 is 0 Å². The van der Waals surface area contributed by atoms with Crippen molar-refractivity contribution in [2.75, 3.05) is 31.1 Å². The van der Waals surface area contributed by atoms with Gasteiger partial charge in [0.05, 0.1) is 10.5 Å². The number of carbonyl (C=O) groups excluding carboxylic acids is 1. The molecule has 0 spiro atoms. The van der Waals surface area contributed by atoms with Crippen molar-refractivity contribution in [3.63, 3.8) is 0 Å². The van der Waals surface area contributed by atoms with Crippen molar-refractivity contribution in [3.8, 4) is 11.4 Å². The molecular formula is C20H19F2N5O4S. The van der Waals surface area contributed by atoms with Crippen LogP contribution in [0.15, 0.2) is 52.0 Å². The van der Waals surface area contributed by atoms with Crippen LogP contribution in [0, 0.1) is 6.92 Å². The summed E-state index contributed by atoms with van der Waals surface area (Å²) in [5.74, 6) is -2.61. The van der Waals surface area contributed by atoms with Crippen LogP contribution in [0.25, 0.3) is 11.4 Å². The first-order valence-corrected chi connectivity index (χ1v) is 11.2. The number of sulfone groups is 1. The van der Waals surface area contributed by atoms with Crippen molar-refractivity contribution in [1.29, 1.82) is 0 Å². The van der Waals surface area contributed by atoms with Crippen molar-refractivity contribution in [2.24, 2.45) is 0 Å². The Labute approximate surface area is 182 Å². The van der Waals surface area contributed by atoms with Gasteiger partial charge in [-0.15, -0.1) is 0 Å². The highest BCUT2D eigenvalue weighted by molar-refractivity contribution is 7.91. The molecule has 1 aliphatic heterocycles. The number of hydrogen-bond donors (Lipinski definition) is 0. The first kappa shape index (κ1) is 21.8. The number of benzene rings is 1. The lowest BCUT2D eigenvalue weighted by atomic mass is 10.1. The van der Waals surface area contributed by atoms with E-state index in [0.29, 0.717) is 36.2 Å². The minimum atomic E-state index is -4.89. The molecule has 1 amide bonds. The van der Waals surface area contributed by atoms with Gasteiger partial charge in [-0.1, -0.05) is 17.3 Å². The van der Waals surface area contributed by atoms with Crippen LogP contribution in [0.3, 0.4) is 0 Å². The zero-order valence-corrected chi connectivity index (χ0v) is 17.8. The summed E-state index contributed by atoms with van der Waals surface area (Å²) in [6.45, 7) is 3.16. The summed E-state index contributed by atoms with van der Waals surface area (Å²) in [6, 6.07) is 8.67. The SMILES string of the molecule is Cc1nc(-c2ccc(N3CCN(C(=O)c4ccccc4S(=O)(=O)C(F)F)CC3)nc2)no1. The molecule has 9 nitrogen and oxygen atoms in total. The summed E-state index contributed by atoms with van der Waals surface area (Å²) in [5.41, 5.74) is 0.454. The molecule has 0 saturated carbocycles. The van der Waals surface area contributed by atoms with Gasteiger partial charge in [0.1, 0.15) is 5.82 Å². The summed E-state index contributed by atoms with van der Waals surface area (Å²) in [5, 5.41) is 3.85. The van der Waals surface area contributed by atoms with Crippen LogP contribution in [-0.4, -0.2) is 66.3 Å². The number of halogens is 2. The molecule has 3 aromatic rings. The lowest BCUT2D eigenvalue weighted by molar-refractivity contribution is 0.0742. The van der Waals surface area contributed by atoms with E-state index in [4.69, 9.17) is 4.52 Å². The smallest absolute Gasteiger partial charge is 0.341 e. The monoisotopic (exact) mass is 463 g/mol. The van der Waals surface area contributed by atoms with E-state index >= 15 is 0 Å². The quantitative estimate of drug-likeness (QED) is 0.567. The highest BCUT2D eigenvalue weighted by atomic mass is 32.2. The number of hydrogen-bond acceptors (Lipinski definition) is 8. The molecule has 0 radical (unpaired) electrons. The number of piperazine rings is 1. The topological polar surface area (TPSA) is 110 Å². The maximum atomic E-state index is 13.0. The third kappa shape index (κ3) is 4.17. The van der Waals surface area contributed by atoms with Crippen molar-refractivity contribution in [2.45, 2.75) is 17.6 Å². The van der Waals surface area contributed by atoms with Gasteiger partial charge in [-0.3, -0.25) is 4.79 Å². The third-order valence-corrected chi connectivity index (χ3v) is 6.52. The van der Waals surface area contributed by atoms with Crippen LogP contribution in [0.4, 0.5) is 14.6 Å². The molecule has 1 aromatic carbocycles. The molecule has 0 atom stereocenters. The number of rotatable bonds is 5. The Kier molecular flexibility index (Phi) is 5.87. The first-order valence-electron chi connectivity index (χ1n) is 9.69. The maximum Gasteiger partial charge on any atom is 0.341 e. The average molecular weight is 463 g/mol. The van der Waals surface area contributed by atoms with E-state index < -0.39 is 26.4 Å². The molecule has 1 fully saturated rings. The summed E-state index contributed by atoms with van der Waals surface area (Å²) < 4.78 is 54.9. The fraction of sp³-hybridized carbons (Fsp3) is 0.300. The molecule has 0 aliphatic carbocycles. The second kappa shape index (κ2) is 8.61. The van der Waals surface area contributed by atoms with Crippen LogP contribution in [0.1, 0.15) is 16.2 Å². The number of anilines is 1. The number of carbonyl (C=O) groups is 1. The summed E-state index contributed by atoms with van der Waals surface area (Å²) in [7, 11) is -4.89. The van der Waals surface area contributed by atoms with E-state index in [1.807, 2.05) is 17.0 Å². The van der Waals surface area contributed by atoms with Crippen molar-refractivity contribution < 1.29 is 26.5 Å². The van der Waals surface area contributed by atoms with E-state index in [1.54, 1.807) is 13.1 Å². The molecule has 0 bridgehead atoms. The van der Waals surface area contributed by atoms with Gasteiger partial charge in [0.2, 0.25) is 21.6 Å². The van der Waals surface area contributed by atoms with Gasteiger partial charge in [-0.05, 0) is 24.3 Å². The number of amides is 1. The van der Waals surface area contributed by atoms with Gasteiger partial charge >= 0.3 is 5.76 Å². The Hall–Kier alpha value is -3.41. The number of alkyl halides is 2. The molecule has 0 unspecified atom stereocenters. The molecule has 0 N–H and O–H groups in total. The Balaban J connectivity index is 1.45. The lowest BCUT2D eigenvalue weighted by Crippen LogP contribution is -2.49. The number of aryl methyl sites for hydroxylation is 1. The van der Waals surface area contributed by atoms with E-state index in [2.05, 4.69) is 15.1 Å². The van der Waals surface area contributed by atoms with E-state index in [9.17, 15) is 22.0 Å². The molecule has 1 saturated heterocycles. The van der Waals surface area contributed by atoms with E-state index in [-0.39, 0.29) is 18.7 Å². The number of aromatic nitrogens is 3. The molecular weight excluding hydrogens is 444 g/mol. The van der Waals surface area contributed by atoms with Crippen LogP contribution in [0.5, 0.6) is 0 Å². The van der Waals surface area contributed by atoms with Crippen LogP contribution < -0.4 is 4.90 Å². The fourth-order valence-electron chi connectivity index (χ4n) is 3.42. The highest BCUT2D eigenvalue weighted by Gasteiger charge is 2.33. The highest BCUT2D eigenvalue weighted by Crippen LogP contribution is 2.25. The molecule has 1 aliphatic rings. The summed E-state index contributed by atoms with van der Waals surface area (Å²) in [4.78, 5) is 24.2. The van der Waals surface area contributed by atoms with Gasteiger partial charge in [-0.25, -0.2) is 13.4 Å². The number of nitrogens with zero attached hydrogens (tertiary/aromatic N) is 5. The zero-order chi connectivity index (χ0) is 22.9. The molecule has 3 heterocycles. The summed E-state index contributed by atoms with van der Waals surface area (Å²) >= 11 is 0. The predicted octanol–water partition coefficient (Wildman–Crippen LogP) is 2.40. The Morgan fingerprint density at radius 2 is 1.81 bits per heavy atom. The second-order valence-electron chi connectivity index (χ2n) is 7.12. The van der Waals surface area contributed by atoms with Gasteiger partial charge in [0.15, 0.2) is 0 Å². The maximum absolute atomic E-state index is 13.0. The Morgan fingerprint density at radius 3 is 2.41 bits per heavy atom. The second-order valence-corrected chi connectivity index (χ2v) is 9.01. The van der Waals surface area contributed by atoms with E-state index in [0.717, 1.165) is 6.07 Å². The fourth-order valence-corrected chi connectivity index (χ4v) is 4.34. The molecule has 12 heteroatoms. The van der Waals surface area contributed by atoms with Crippen LogP contribution in [0.2, 0.25) is 0 Å². The van der Waals surface area contributed by atoms with Crippen molar-refractivity contribution in [3.05, 3.63) is 54.0 Å². The van der Waals surface area contributed by atoms with Gasteiger partial charge < -0.3 is 14.3 Å². The minimum absolute atomic E-state index is 0.251. The largest absolute Gasteiger partial charge is 0.353 e. The van der Waals surface area contributed by atoms with Crippen LogP contribution in [-0.2, 0) is 9.84 Å². The molecule has 168 valence electrons. The first-order chi connectivity index (χ1) is 15.3. The number of pyridine rings is 1. The summed E-state index contributed by atoms with van der Waals surface area (Å²) in [6.07, 6.45) is 1.63. The lowest BCUT2D eigenvalue weighted by Gasteiger charge is -2.35. The van der Waals surface area contributed by atoms with Gasteiger partial charge in [-0.2, -0.15) is 13.8 Å². The standard InChI is InChI=1S/C20H19F2N5O4S/c1-13-24-18(25-31-13)14-6-7-17(23-12-14)26-8-10-27(11-9-26)19(28)15-4-2-3-5-16(15)32(29,30)20(21)22/h2-7,12,20H,8-11H2,1H3.